The van der Waals surface area contributed by atoms with Crippen molar-refractivity contribution in [1.82, 2.24) is 9.97 Å². The first-order valence-corrected chi connectivity index (χ1v) is 8.76. The highest BCUT2D eigenvalue weighted by molar-refractivity contribution is 6.02. The zero-order chi connectivity index (χ0) is 16.8. The molecule has 2 aliphatic rings. The molecule has 0 bridgehead atoms. The highest BCUT2D eigenvalue weighted by Gasteiger charge is 2.35. The fraction of sp³-hybridized carbons (Fsp3) is 0.300. The maximum atomic E-state index is 12.6. The molecule has 5 heteroatoms. The average Bonchev–Trinajstić information content (AvgIpc) is 3.24. The van der Waals surface area contributed by atoms with Gasteiger partial charge < -0.3 is 14.6 Å². The monoisotopic (exact) mass is 333 g/mol. The summed E-state index contributed by atoms with van der Waals surface area (Å²) in [7, 11) is 0. The highest BCUT2D eigenvalue weighted by Crippen LogP contribution is 2.35. The molecule has 1 aromatic carbocycles. The Bertz CT molecular complexity index is 956. The summed E-state index contributed by atoms with van der Waals surface area (Å²) in [5, 5.41) is 1.18. The number of amides is 1. The van der Waals surface area contributed by atoms with Crippen LogP contribution in [0.1, 0.15) is 18.5 Å². The topological polar surface area (TPSA) is 58.2 Å². The Morgan fingerprint density at radius 1 is 1.12 bits per heavy atom. The van der Waals surface area contributed by atoms with E-state index in [1.165, 1.54) is 5.39 Å². The fourth-order valence-electron chi connectivity index (χ4n) is 3.92. The van der Waals surface area contributed by atoms with Crippen molar-refractivity contribution >= 4 is 22.5 Å². The minimum absolute atomic E-state index is 0.160. The Morgan fingerprint density at radius 2 is 2.00 bits per heavy atom. The average molecular weight is 333 g/mol. The number of benzene rings is 1. The number of H-pyrrole nitrogens is 1. The number of nitrogens with zero attached hydrogens (tertiary/aromatic N) is 2. The van der Waals surface area contributed by atoms with Gasteiger partial charge in [-0.25, -0.2) is 0 Å². The van der Waals surface area contributed by atoms with E-state index in [1.807, 2.05) is 17.3 Å². The van der Waals surface area contributed by atoms with E-state index >= 15 is 0 Å². The lowest BCUT2D eigenvalue weighted by molar-refractivity contribution is -0.118. The van der Waals surface area contributed by atoms with Crippen molar-refractivity contribution in [3.05, 3.63) is 48.4 Å². The van der Waals surface area contributed by atoms with Crippen LogP contribution in [0, 0.1) is 0 Å². The number of rotatable bonds is 2. The Kier molecular flexibility index (Phi) is 3.35. The molecule has 0 aliphatic carbocycles. The summed E-state index contributed by atoms with van der Waals surface area (Å²) in [5.74, 6) is 0.160. The maximum absolute atomic E-state index is 12.6. The predicted octanol–water partition coefficient (Wildman–Crippen LogP) is 3.30. The van der Waals surface area contributed by atoms with Crippen LogP contribution in [0.2, 0.25) is 0 Å². The number of carbonyl (C=O) groups excluding carboxylic acids is 1. The van der Waals surface area contributed by atoms with Crippen LogP contribution in [0.5, 0.6) is 0 Å². The summed E-state index contributed by atoms with van der Waals surface area (Å²) < 4.78 is 5.45. The molecule has 1 saturated heterocycles. The van der Waals surface area contributed by atoms with E-state index in [2.05, 4.69) is 40.3 Å². The van der Waals surface area contributed by atoms with Crippen LogP contribution in [0.15, 0.2) is 42.7 Å². The number of ether oxygens (including phenoxy) is 1. The Balaban J connectivity index is 1.55. The molecule has 126 valence electrons. The molecule has 1 amide bonds. The maximum Gasteiger partial charge on any atom is 0.233 e. The van der Waals surface area contributed by atoms with Gasteiger partial charge in [0.25, 0.3) is 0 Å². The molecule has 2 aromatic heterocycles. The molecule has 2 aliphatic heterocycles. The second-order valence-electron chi connectivity index (χ2n) is 6.75. The smallest absolute Gasteiger partial charge is 0.233 e. The number of carbonyl (C=O) groups is 1. The number of nitrogens with one attached hydrogen (secondary N) is 1. The van der Waals surface area contributed by atoms with Crippen molar-refractivity contribution in [2.45, 2.75) is 25.3 Å². The number of anilines is 1. The quantitative estimate of drug-likeness (QED) is 0.783. The van der Waals surface area contributed by atoms with E-state index in [4.69, 9.17) is 4.74 Å². The molecule has 3 aromatic rings. The molecule has 4 heterocycles. The third kappa shape index (κ3) is 2.43. The van der Waals surface area contributed by atoms with Crippen LogP contribution < -0.4 is 4.90 Å². The van der Waals surface area contributed by atoms with E-state index in [1.54, 1.807) is 0 Å². The van der Waals surface area contributed by atoms with E-state index < -0.39 is 0 Å². The van der Waals surface area contributed by atoms with Gasteiger partial charge in [0.15, 0.2) is 0 Å². The van der Waals surface area contributed by atoms with Crippen molar-refractivity contribution in [3.63, 3.8) is 0 Å². The van der Waals surface area contributed by atoms with Gasteiger partial charge in [-0.1, -0.05) is 6.07 Å². The fourth-order valence-corrected chi connectivity index (χ4v) is 3.92. The largest absolute Gasteiger partial charge is 0.381 e. The molecule has 1 N–H and O–H groups in total. The third-order valence-corrected chi connectivity index (χ3v) is 5.24. The summed E-state index contributed by atoms with van der Waals surface area (Å²) in [6.45, 7) is 1.45. The van der Waals surface area contributed by atoms with Crippen LogP contribution in [0.4, 0.5) is 5.69 Å². The number of pyridine rings is 1. The number of aromatic amines is 1. The lowest BCUT2D eigenvalue weighted by Crippen LogP contribution is -2.41. The Labute approximate surface area is 145 Å². The van der Waals surface area contributed by atoms with Gasteiger partial charge in [-0.15, -0.1) is 0 Å². The van der Waals surface area contributed by atoms with Crippen molar-refractivity contribution in [1.29, 1.82) is 0 Å². The number of hydrogen-bond donors (Lipinski definition) is 1. The SMILES string of the molecule is O=C1Cc2ncc(-c3ccc4[nH]ccc4c3)cc2N1C1CCOCC1. The van der Waals surface area contributed by atoms with Gasteiger partial charge in [-0.3, -0.25) is 9.78 Å². The Morgan fingerprint density at radius 3 is 2.88 bits per heavy atom. The molecular weight excluding hydrogens is 314 g/mol. The van der Waals surface area contributed by atoms with E-state index in [0.717, 1.165) is 54.1 Å². The predicted molar refractivity (Wildman–Crippen MR) is 96.6 cm³/mol. The van der Waals surface area contributed by atoms with Gasteiger partial charge in [0.1, 0.15) is 0 Å². The first-order valence-electron chi connectivity index (χ1n) is 8.76. The minimum Gasteiger partial charge on any atom is -0.381 e. The molecule has 0 saturated carbocycles. The van der Waals surface area contributed by atoms with E-state index in [9.17, 15) is 4.79 Å². The van der Waals surface area contributed by atoms with Crippen LogP contribution in [-0.4, -0.2) is 35.1 Å². The van der Waals surface area contributed by atoms with E-state index in [0.29, 0.717) is 6.42 Å². The molecule has 0 radical (unpaired) electrons. The molecule has 25 heavy (non-hydrogen) atoms. The lowest BCUT2D eigenvalue weighted by Gasteiger charge is -2.31. The zero-order valence-electron chi connectivity index (χ0n) is 13.9. The molecule has 0 spiro atoms. The molecular formula is C20H19N3O2. The van der Waals surface area contributed by atoms with Gasteiger partial charge in [-0.05, 0) is 48.1 Å². The lowest BCUT2D eigenvalue weighted by atomic mass is 10.0. The summed E-state index contributed by atoms with van der Waals surface area (Å²) in [6.07, 6.45) is 6.02. The summed E-state index contributed by atoms with van der Waals surface area (Å²) in [6, 6.07) is 10.8. The molecule has 0 atom stereocenters. The van der Waals surface area contributed by atoms with Crippen LogP contribution in [-0.2, 0) is 16.0 Å². The van der Waals surface area contributed by atoms with Crippen LogP contribution in [0.3, 0.4) is 0 Å². The molecule has 0 unspecified atom stereocenters. The molecule has 5 nitrogen and oxygen atoms in total. The first kappa shape index (κ1) is 14.7. The van der Waals surface area contributed by atoms with Crippen LogP contribution >= 0.6 is 0 Å². The number of fused-ring (bicyclic) bond motifs is 2. The minimum atomic E-state index is 0.160. The number of hydrogen-bond acceptors (Lipinski definition) is 3. The van der Waals surface area contributed by atoms with Crippen molar-refractivity contribution in [3.8, 4) is 11.1 Å². The molecule has 5 rings (SSSR count). The van der Waals surface area contributed by atoms with Crippen LogP contribution in [0.25, 0.3) is 22.0 Å². The third-order valence-electron chi connectivity index (χ3n) is 5.24. The van der Waals surface area contributed by atoms with Gasteiger partial charge in [0, 0.05) is 42.7 Å². The van der Waals surface area contributed by atoms with Gasteiger partial charge in [0.05, 0.1) is 17.8 Å². The number of aromatic nitrogens is 2. The van der Waals surface area contributed by atoms with E-state index in [-0.39, 0.29) is 11.9 Å². The second kappa shape index (κ2) is 5.70. The van der Waals surface area contributed by atoms with Crippen molar-refractivity contribution < 1.29 is 9.53 Å². The highest BCUT2D eigenvalue weighted by atomic mass is 16.5. The van der Waals surface area contributed by atoms with Crippen molar-refractivity contribution in [2.75, 3.05) is 18.1 Å². The van der Waals surface area contributed by atoms with Gasteiger partial charge in [0.2, 0.25) is 5.91 Å². The second-order valence-corrected chi connectivity index (χ2v) is 6.75. The summed E-state index contributed by atoms with van der Waals surface area (Å²) in [4.78, 5) is 22.3. The first-order chi connectivity index (χ1) is 12.3. The summed E-state index contributed by atoms with van der Waals surface area (Å²) >= 11 is 0. The summed E-state index contributed by atoms with van der Waals surface area (Å²) in [5.41, 5.74) is 5.16. The normalized spacial score (nSPS) is 18.1. The van der Waals surface area contributed by atoms with Gasteiger partial charge >= 0.3 is 0 Å². The zero-order valence-corrected chi connectivity index (χ0v) is 13.9. The standard InChI is InChI=1S/C20H19N3O2/c24-20-11-18-19(23(20)16-4-7-25-8-5-16)10-15(12-22-18)13-1-2-17-14(9-13)3-6-21-17/h1-3,6,9-10,12,16,21H,4-5,7-8,11H2. The van der Waals surface area contributed by atoms with Crippen molar-refractivity contribution in [2.24, 2.45) is 0 Å². The molecule has 1 fully saturated rings. The Hall–Kier alpha value is -2.66. The van der Waals surface area contributed by atoms with Gasteiger partial charge in [-0.2, -0.15) is 0 Å².